The molecule has 0 saturated carbocycles. The first-order chi connectivity index (χ1) is 12.1. The van der Waals surface area contributed by atoms with Crippen molar-refractivity contribution in [3.63, 3.8) is 0 Å². The first-order valence-corrected chi connectivity index (χ1v) is 8.49. The van der Waals surface area contributed by atoms with Gasteiger partial charge in [0.2, 0.25) is 0 Å². The smallest absolute Gasteiger partial charge is 0.141 e. The van der Waals surface area contributed by atoms with Gasteiger partial charge in [0.05, 0.1) is 11.0 Å². The van der Waals surface area contributed by atoms with Crippen LogP contribution in [0.5, 0.6) is 0 Å². The van der Waals surface area contributed by atoms with Crippen LogP contribution in [-0.4, -0.2) is 9.55 Å². The number of benzene rings is 3. The van der Waals surface area contributed by atoms with E-state index in [0.717, 1.165) is 29.1 Å². The van der Waals surface area contributed by atoms with Crippen molar-refractivity contribution in [2.24, 2.45) is 0 Å². The lowest BCUT2D eigenvalue weighted by atomic mass is 10.1. The van der Waals surface area contributed by atoms with Gasteiger partial charge in [-0.2, -0.15) is 0 Å². The molecule has 124 valence electrons. The molecule has 0 atom stereocenters. The van der Waals surface area contributed by atoms with Gasteiger partial charge in [-0.15, -0.1) is 0 Å². The zero-order valence-corrected chi connectivity index (χ0v) is 14.5. The highest BCUT2D eigenvalue weighted by atomic mass is 15.1. The van der Waals surface area contributed by atoms with E-state index in [1.54, 1.807) is 0 Å². The van der Waals surface area contributed by atoms with E-state index in [1.807, 2.05) is 18.2 Å². The van der Waals surface area contributed by atoms with Gasteiger partial charge < -0.3 is 10.3 Å². The number of nitrogens with two attached hydrogens (primary N) is 1. The Kier molecular flexibility index (Phi) is 3.77. The molecular formula is C22H21N3. The Hall–Kier alpha value is -3.07. The van der Waals surface area contributed by atoms with Crippen molar-refractivity contribution in [2.45, 2.75) is 20.4 Å². The molecule has 0 fully saturated rings. The van der Waals surface area contributed by atoms with E-state index in [1.165, 1.54) is 22.2 Å². The van der Waals surface area contributed by atoms with Gasteiger partial charge in [0.15, 0.2) is 0 Å². The summed E-state index contributed by atoms with van der Waals surface area (Å²) in [5.41, 5.74) is 13.7. The third-order valence-electron chi connectivity index (χ3n) is 4.72. The summed E-state index contributed by atoms with van der Waals surface area (Å²) in [7, 11) is 0. The molecule has 4 aromatic rings. The van der Waals surface area contributed by atoms with Crippen LogP contribution in [0.1, 0.15) is 16.7 Å². The number of aromatic nitrogens is 2. The second kappa shape index (κ2) is 6.10. The van der Waals surface area contributed by atoms with Crippen molar-refractivity contribution >= 4 is 16.7 Å². The number of aryl methyl sites for hydroxylation is 2. The molecule has 25 heavy (non-hydrogen) atoms. The quantitative estimate of drug-likeness (QED) is 0.541. The molecule has 2 N–H and O–H groups in total. The third-order valence-corrected chi connectivity index (χ3v) is 4.72. The van der Waals surface area contributed by atoms with Gasteiger partial charge in [-0.05, 0) is 54.8 Å². The second-order valence-corrected chi connectivity index (χ2v) is 6.55. The minimum absolute atomic E-state index is 0.767. The van der Waals surface area contributed by atoms with E-state index in [2.05, 4.69) is 66.9 Å². The first kappa shape index (κ1) is 15.5. The van der Waals surface area contributed by atoms with Crippen molar-refractivity contribution in [3.8, 4) is 11.4 Å². The molecule has 0 spiro atoms. The summed E-state index contributed by atoms with van der Waals surface area (Å²) in [5, 5.41) is 0. The fourth-order valence-electron chi connectivity index (χ4n) is 3.15. The van der Waals surface area contributed by atoms with Crippen molar-refractivity contribution in [1.82, 2.24) is 9.55 Å². The van der Waals surface area contributed by atoms with Gasteiger partial charge in [0, 0.05) is 17.8 Å². The minimum Gasteiger partial charge on any atom is -0.399 e. The Labute approximate surface area is 147 Å². The SMILES string of the molecule is Cc1cc2nc(-c3ccccc3)n(Cc3ccc(N)cc3)c2cc1C. The van der Waals surface area contributed by atoms with Crippen molar-refractivity contribution in [1.29, 1.82) is 0 Å². The average molecular weight is 327 g/mol. The molecule has 3 nitrogen and oxygen atoms in total. The van der Waals surface area contributed by atoms with Crippen molar-refractivity contribution in [2.75, 3.05) is 5.73 Å². The van der Waals surface area contributed by atoms with Crippen LogP contribution in [0.15, 0.2) is 66.7 Å². The maximum absolute atomic E-state index is 5.83. The highest BCUT2D eigenvalue weighted by molar-refractivity contribution is 5.82. The summed E-state index contributed by atoms with van der Waals surface area (Å²) in [5.74, 6) is 0.998. The molecule has 3 aromatic carbocycles. The summed E-state index contributed by atoms with van der Waals surface area (Å²) in [4.78, 5) is 4.94. The van der Waals surface area contributed by atoms with Crippen LogP contribution >= 0.6 is 0 Å². The minimum atomic E-state index is 0.767. The highest BCUT2D eigenvalue weighted by Crippen LogP contribution is 2.28. The number of rotatable bonds is 3. The van der Waals surface area contributed by atoms with Crippen LogP contribution < -0.4 is 5.73 Å². The van der Waals surface area contributed by atoms with Crippen LogP contribution in [-0.2, 0) is 6.54 Å². The summed E-state index contributed by atoms with van der Waals surface area (Å²) >= 11 is 0. The third kappa shape index (κ3) is 2.89. The van der Waals surface area contributed by atoms with E-state index in [0.29, 0.717) is 0 Å². The first-order valence-electron chi connectivity index (χ1n) is 8.49. The maximum atomic E-state index is 5.83. The number of imidazole rings is 1. The molecule has 0 aliphatic carbocycles. The average Bonchev–Trinajstić information content (AvgIpc) is 2.96. The van der Waals surface area contributed by atoms with E-state index in [-0.39, 0.29) is 0 Å². The monoisotopic (exact) mass is 327 g/mol. The number of nitrogens with zero attached hydrogens (tertiary/aromatic N) is 2. The predicted molar refractivity (Wildman–Crippen MR) is 105 cm³/mol. The summed E-state index contributed by atoms with van der Waals surface area (Å²) in [6.07, 6.45) is 0. The summed E-state index contributed by atoms with van der Waals surface area (Å²) < 4.78 is 2.29. The van der Waals surface area contributed by atoms with Gasteiger partial charge >= 0.3 is 0 Å². The van der Waals surface area contributed by atoms with Crippen LogP contribution in [0, 0.1) is 13.8 Å². The van der Waals surface area contributed by atoms with Gasteiger partial charge in [-0.3, -0.25) is 0 Å². The Morgan fingerprint density at radius 1 is 0.880 bits per heavy atom. The van der Waals surface area contributed by atoms with Crippen molar-refractivity contribution < 1.29 is 0 Å². The molecular weight excluding hydrogens is 306 g/mol. The number of hydrogen-bond donors (Lipinski definition) is 1. The molecule has 0 aliphatic rings. The van der Waals surface area contributed by atoms with Crippen LogP contribution in [0.4, 0.5) is 5.69 Å². The zero-order chi connectivity index (χ0) is 17.4. The molecule has 0 bridgehead atoms. The van der Waals surface area contributed by atoms with Gasteiger partial charge in [0.25, 0.3) is 0 Å². The van der Waals surface area contributed by atoms with E-state index in [9.17, 15) is 0 Å². The highest BCUT2D eigenvalue weighted by Gasteiger charge is 2.14. The normalized spacial score (nSPS) is 11.1. The second-order valence-electron chi connectivity index (χ2n) is 6.55. The van der Waals surface area contributed by atoms with E-state index in [4.69, 9.17) is 10.7 Å². The Morgan fingerprint density at radius 2 is 1.56 bits per heavy atom. The Bertz CT molecular complexity index is 1030. The lowest BCUT2D eigenvalue weighted by Crippen LogP contribution is -2.02. The lowest BCUT2D eigenvalue weighted by Gasteiger charge is -2.11. The molecule has 0 radical (unpaired) electrons. The Morgan fingerprint density at radius 3 is 2.28 bits per heavy atom. The summed E-state index contributed by atoms with van der Waals surface area (Å²) in [6.45, 7) is 5.05. The molecule has 4 rings (SSSR count). The molecule has 0 amide bonds. The number of anilines is 1. The topological polar surface area (TPSA) is 43.8 Å². The van der Waals surface area contributed by atoms with Gasteiger partial charge in [-0.25, -0.2) is 4.98 Å². The zero-order valence-electron chi connectivity index (χ0n) is 14.5. The van der Waals surface area contributed by atoms with Crippen LogP contribution in [0.3, 0.4) is 0 Å². The fraction of sp³-hybridized carbons (Fsp3) is 0.136. The van der Waals surface area contributed by atoms with Crippen molar-refractivity contribution in [3.05, 3.63) is 83.4 Å². The summed E-state index contributed by atoms with van der Waals surface area (Å²) in [6, 6.07) is 22.8. The van der Waals surface area contributed by atoms with Gasteiger partial charge in [-0.1, -0.05) is 42.5 Å². The van der Waals surface area contributed by atoms with Crippen LogP contribution in [0.2, 0.25) is 0 Å². The largest absolute Gasteiger partial charge is 0.399 e. The standard InChI is InChI=1S/C22H21N3/c1-15-12-20-21(13-16(15)2)25(14-17-8-10-19(23)11-9-17)22(24-20)18-6-4-3-5-7-18/h3-13H,14,23H2,1-2H3. The maximum Gasteiger partial charge on any atom is 0.141 e. The lowest BCUT2D eigenvalue weighted by molar-refractivity contribution is 0.834. The molecule has 1 aromatic heterocycles. The molecule has 3 heteroatoms. The number of hydrogen-bond acceptors (Lipinski definition) is 2. The van der Waals surface area contributed by atoms with E-state index < -0.39 is 0 Å². The molecule has 1 heterocycles. The Balaban J connectivity index is 1.92. The fourth-order valence-corrected chi connectivity index (χ4v) is 3.15. The molecule has 0 unspecified atom stereocenters. The molecule has 0 saturated heterocycles. The number of fused-ring (bicyclic) bond motifs is 1. The number of nitrogen functional groups attached to an aromatic ring is 1. The van der Waals surface area contributed by atoms with E-state index >= 15 is 0 Å². The molecule has 0 aliphatic heterocycles. The van der Waals surface area contributed by atoms with Gasteiger partial charge in [0.1, 0.15) is 5.82 Å². The predicted octanol–water partition coefficient (Wildman–Crippen LogP) is 4.95. The van der Waals surface area contributed by atoms with Crippen LogP contribution in [0.25, 0.3) is 22.4 Å².